The van der Waals surface area contributed by atoms with E-state index in [-0.39, 0.29) is 5.91 Å². The van der Waals surface area contributed by atoms with Crippen LogP contribution in [0.4, 0.5) is 0 Å². The highest BCUT2D eigenvalue weighted by Crippen LogP contribution is 2.26. The maximum atomic E-state index is 12.7. The molecule has 0 aliphatic carbocycles. The molecule has 0 atom stereocenters. The van der Waals surface area contributed by atoms with Crippen LogP contribution in [0.3, 0.4) is 0 Å². The zero-order valence-corrected chi connectivity index (χ0v) is 15.8. The van der Waals surface area contributed by atoms with Crippen LogP contribution in [0.2, 0.25) is 0 Å². The summed E-state index contributed by atoms with van der Waals surface area (Å²) in [6.07, 6.45) is 3.72. The molecule has 28 heavy (non-hydrogen) atoms. The molecule has 3 aromatic carbocycles. The first kappa shape index (κ1) is 17.8. The van der Waals surface area contributed by atoms with Gasteiger partial charge in [-0.2, -0.15) is 5.10 Å². The van der Waals surface area contributed by atoms with Crippen LogP contribution in [-0.2, 0) is 6.54 Å². The number of hydrogen-bond donors (Lipinski definition) is 1. The summed E-state index contributed by atoms with van der Waals surface area (Å²) in [6, 6.07) is 19.7. The molecule has 5 nitrogen and oxygen atoms in total. The molecule has 4 rings (SSSR count). The first-order chi connectivity index (χ1) is 13.7. The van der Waals surface area contributed by atoms with Crippen molar-refractivity contribution in [1.82, 2.24) is 9.99 Å². The van der Waals surface area contributed by atoms with Crippen molar-refractivity contribution in [3.63, 3.8) is 0 Å². The lowest BCUT2D eigenvalue weighted by molar-refractivity contribution is 0.0952. The zero-order chi connectivity index (χ0) is 19.5. The molecular formula is C23H21N3O2. The van der Waals surface area contributed by atoms with Gasteiger partial charge in [0.2, 0.25) is 0 Å². The van der Waals surface area contributed by atoms with Gasteiger partial charge in [-0.3, -0.25) is 4.79 Å². The number of nitrogens with one attached hydrogen (secondary N) is 1. The molecule has 0 bridgehead atoms. The predicted molar refractivity (Wildman–Crippen MR) is 113 cm³/mol. The van der Waals surface area contributed by atoms with E-state index in [0.29, 0.717) is 11.3 Å². The number of benzene rings is 3. The summed E-state index contributed by atoms with van der Waals surface area (Å²) in [5.41, 5.74) is 5.18. The lowest BCUT2D eigenvalue weighted by Crippen LogP contribution is -2.18. The molecule has 0 saturated heterocycles. The zero-order valence-electron chi connectivity index (χ0n) is 15.8. The van der Waals surface area contributed by atoms with Crippen LogP contribution in [0, 0.1) is 0 Å². The quantitative estimate of drug-likeness (QED) is 0.412. The van der Waals surface area contributed by atoms with Crippen LogP contribution in [0.5, 0.6) is 5.75 Å². The SMILES string of the molecule is CCn1cc(C=NNC(=O)c2cc3ccccc3cc2OC)c2ccccc21. The molecule has 0 saturated carbocycles. The topological polar surface area (TPSA) is 55.6 Å². The molecule has 1 aromatic heterocycles. The fourth-order valence-electron chi connectivity index (χ4n) is 3.43. The number of hydrogen-bond acceptors (Lipinski definition) is 3. The number of carbonyl (C=O) groups excluding carboxylic acids is 1. The van der Waals surface area contributed by atoms with E-state index in [1.165, 1.54) is 0 Å². The third-order valence-corrected chi connectivity index (χ3v) is 4.84. The minimum absolute atomic E-state index is 0.307. The first-order valence-corrected chi connectivity index (χ1v) is 9.19. The normalized spacial score (nSPS) is 11.4. The van der Waals surface area contributed by atoms with Crippen molar-refractivity contribution >= 4 is 33.8 Å². The minimum Gasteiger partial charge on any atom is -0.496 e. The number of rotatable bonds is 5. The molecule has 0 aliphatic heterocycles. The number of fused-ring (bicyclic) bond motifs is 2. The van der Waals surface area contributed by atoms with Gasteiger partial charge in [0, 0.05) is 29.2 Å². The van der Waals surface area contributed by atoms with Gasteiger partial charge >= 0.3 is 0 Å². The van der Waals surface area contributed by atoms with Gasteiger partial charge in [-0.05, 0) is 35.9 Å². The minimum atomic E-state index is -0.307. The molecule has 0 aliphatic rings. The van der Waals surface area contributed by atoms with Gasteiger partial charge in [-0.15, -0.1) is 0 Å². The number of carbonyl (C=O) groups is 1. The van der Waals surface area contributed by atoms with E-state index in [1.54, 1.807) is 13.3 Å². The Bertz CT molecular complexity index is 1190. The van der Waals surface area contributed by atoms with Crippen molar-refractivity contribution in [2.24, 2.45) is 5.10 Å². The van der Waals surface area contributed by atoms with Gasteiger partial charge in [-0.1, -0.05) is 42.5 Å². The average Bonchev–Trinajstić information content (AvgIpc) is 3.10. The van der Waals surface area contributed by atoms with Crippen molar-refractivity contribution in [3.05, 3.63) is 78.0 Å². The van der Waals surface area contributed by atoms with Crippen LogP contribution in [0.25, 0.3) is 21.7 Å². The van der Waals surface area contributed by atoms with Crippen LogP contribution in [0.15, 0.2) is 72.0 Å². The molecule has 0 radical (unpaired) electrons. The Hall–Kier alpha value is -3.60. The number of nitrogens with zero attached hydrogens (tertiary/aromatic N) is 2. The number of hydrazone groups is 1. The van der Waals surface area contributed by atoms with E-state index >= 15 is 0 Å². The van der Waals surface area contributed by atoms with E-state index in [9.17, 15) is 4.79 Å². The van der Waals surface area contributed by atoms with Gasteiger partial charge in [0.05, 0.1) is 18.9 Å². The second-order valence-electron chi connectivity index (χ2n) is 6.49. The Kier molecular flexibility index (Phi) is 4.81. The summed E-state index contributed by atoms with van der Waals surface area (Å²) < 4.78 is 7.56. The summed E-state index contributed by atoms with van der Waals surface area (Å²) in [4.78, 5) is 12.7. The summed E-state index contributed by atoms with van der Waals surface area (Å²) in [6.45, 7) is 2.97. The highest BCUT2D eigenvalue weighted by Gasteiger charge is 2.13. The molecule has 4 aromatic rings. The smallest absolute Gasteiger partial charge is 0.275 e. The van der Waals surface area contributed by atoms with Crippen molar-refractivity contribution < 1.29 is 9.53 Å². The lowest BCUT2D eigenvalue weighted by Gasteiger charge is -2.09. The number of aryl methyl sites for hydroxylation is 1. The highest BCUT2D eigenvalue weighted by molar-refractivity contribution is 6.03. The average molecular weight is 371 g/mol. The summed E-state index contributed by atoms with van der Waals surface area (Å²) >= 11 is 0. The Balaban J connectivity index is 1.60. The van der Waals surface area contributed by atoms with Crippen molar-refractivity contribution in [2.45, 2.75) is 13.5 Å². The van der Waals surface area contributed by atoms with Crippen LogP contribution in [0.1, 0.15) is 22.8 Å². The van der Waals surface area contributed by atoms with E-state index < -0.39 is 0 Å². The molecule has 0 unspecified atom stereocenters. The molecule has 0 fully saturated rings. The maximum Gasteiger partial charge on any atom is 0.275 e. The fourth-order valence-corrected chi connectivity index (χ4v) is 3.43. The standard InChI is InChI=1S/C23H21N3O2/c1-3-26-15-18(19-10-6-7-11-21(19)26)14-24-25-23(27)20-12-16-8-4-5-9-17(16)13-22(20)28-2/h4-15H,3H2,1-2H3,(H,25,27). The Morgan fingerprint density at radius 2 is 1.82 bits per heavy atom. The highest BCUT2D eigenvalue weighted by atomic mass is 16.5. The van der Waals surface area contributed by atoms with Crippen molar-refractivity contribution in [2.75, 3.05) is 7.11 Å². The number of para-hydroxylation sites is 1. The van der Waals surface area contributed by atoms with E-state index in [0.717, 1.165) is 33.8 Å². The number of aromatic nitrogens is 1. The number of methoxy groups -OCH3 is 1. The lowest BCUT2D eigenvalue weighted by atomic mass is 10.1. The first-order valence-electron chi connectivity index (χ1n) is 9.19. The predicted octanol–water partition coefficient (Wildman–Crippen LogP) is 4.59. The summed E-state index contributed by atoms with van der Waals surface area (Å²) in [5.74, 6) is 0.215. The maximum absolute atomic E-state index is 12.7. The molecule has 1 N–H and O–H groups in total. The molecule has 5 heteroatoms. The van der Waals surface area contributed by atoms with Gasteiger partial charge < -0.3 is 9.30 Å². The van der Waals surface area contributed by atoms with E-state index in [1.807, 2.05) is 54.7 Å². The number of amides is 1. The van der Waals surface area contributed by atoms with Crippen molar-refractivity contribution in [3.8, 4) is 5.75 Å². The van der Waals surface area contributed by atoms with Gasteiger partial charge in [0.25, 0.3) is 5.91 Å². The Labute approximate surface area is 163 Å². The summed E-state index contributed by atoms with van der Waals surface area (Å²) in [5, 5.41) is 7.28. The third-order valence-electron chi connectivity index (χ3n) is 4.84. The Morgan fingerprint density at radius 1 is 1.11 bits per heavy atom. The Morgan fingerprint density at radius 3 is 2.57 bits per heavy atom. The number of ether oxygens (including phenoxy) is 1. The largest absolute Gasteiger partial charge is 0.496 e. The third kappa shape index (κ3) is 3.22. The van der Waals surface area contributed by atoms with Crippen LogP contribution >= 0.6 is 0 Å². The van der Waals surface area contributed by atoms with Crippen LogP contribution in [-0.4, -0.2) is 23.8 Å². The van der Waals surface area contributed by atoms with Gasteiger partial charge in [0.15, 0.2) is 0 Å². The second kappa shape index (κ2) is 7.56. The summed E-state index contributed by atoms with van der Waals surface area (Å²) in [7, 11) is 1.56. The van der Waals surface area contributed by atoms with Gasteiger partial charge in [0.1, 0.15) is 5.75 Å². The molecule has 0 spiro atoms. The molecular weight excluding hydrogens is 350 g/mol. The second-order valence-corrected chi connectivity index (χ2v) is 6.49. The van der Waals surface area contributed by atoms with Crippen LogP contribution < -0.4 is 10.2 Å². The molecule has 1 amide bonds. The van der Waals surface area contributed by atoms with Gasteiger partial charge in [-0.25, -0.2) is 5.43 Å². The van der Waals surface area contributed by atoms with Crippen molar-refractivity contribution in [1.29, 1.82) is 0 Å². The monoisotopic (exact) mass is 371 g/mol. The molecule has 140 valence electrons. The van der Waals surface area contributed by atoms with E-state index in [2.05, 4.69) is 34.2 Å². The fraction of sp³-hybridized carbons (Fsp3) is 0.130. The van der Waals surface area contributed by atoms with E-state index in [4.69, 9.17) is 4.74 Å². The molecule has 1 heterocycles.